The largest absolute Gasteiger partial charge is 0.496 e. The lowest BCUT2D eigenvalue weighted by molar-refractivity contribution is 0.404. The Labute approximate surface area is 137 Å². The molecule has 0 saturated heterocycles. The molecule has 0 aliphatic rings. The lowest BCUT2D eigenvalue weighted by Gasteiger charge is -2.20. The van der Waals surface area contributed by atoms with Crippen LogP contribution in [0.5, 0.6) is 5.75 Å². The first-order valence-corrected chi connectivity index (χ1v) is 7.58. The van der Waals surface area contributed by atoms with Gasteiger partial charge in [-0.25, -0.2) is 5.43 Å². The van der Waals surface area contributed by atoms with Gasteiger partial charge < -0.3 is 4.74 Å². The van der Waals surface area contributed by atoms with Crippen LogP contribution < -0.4 is 16.0 Å². The average molecular weight is 403 g/mol. The van der Waals surface area contributed by atoms with Crippen molar-refractivity contribution in [3.8, 4) is 5.75 Å². The van der Waals surface area contributed by atoms with Gasteiger partial charge in [0.15, 0.2) is 0 Å². The molecule has 0 saturated carbocycles. The van der Waals surface area contributed by atoms with Crippen LogP contribution in [0.3, 0.4) is 0 Å². The number of ether oxygens (including phenoxy) is 1. The fourth-order valence-corrected chi connectivity index (χ4v) is 2.66. The van der Waals surface area contributed by atoms with Gasteiger partial charge >= 0.3 is 0 Å². The van der Waals surface area contributed by atoms with Gasteiger partial charge in [0.1, 0.15) is 5.75 Å². The van der Waals surface area contributed by atoms with E-state index in [0.717, 1.165) is 31.0 Å². The smallest absolute Gasteiger partial charge is 0.124 e. The molecule has 2 aromatic carbocycles. The zero-order chi connectivity index (χ0) is 14.7. The van der Waals surface area contributed by atoms with Crippen molar-refractivity contribution < 1.29 is 4.74 Å². The summed E-state index contributed by atoms with van der Waals surface area (Å²) in [6.45, 7) is 2.04. The van der Waals surface area contributed by atoms with E-state index in [4.69, 9.17) is 22.2 Å². The Hall–Kier alpha value is -0.820. The van der Waals surface area contributed by atoms with E-state index in [-0.39, 0.29) is 6.04 Å². The molecule has 2 aromatic rings. The predicted octanol–water partition coefficient (Wildman–Crippen LogP) is 3.81. The molecule has 2 rings (SSSR count). The first-order chi connectivity index (χ1) is 9.56. The molecule has 0 aliphatic carbocycles. The van der Waals surface area contributed by atoms with Crippen LogP contribution in [0, 0.1) is 10.5 Å². The first-order valence-electron chi connectivity index (χ1n) is 6.12. The van der Waals surface area contributed by atoms with Crippen molar-refractivity contribution in [1.29, 1.82) is 0 Å². The van der Waals surface area contributed by atoms with Gasteiger partial charge in [-0.2, -0.15) is 0 Å². The summed E-state index contributed by atoms with van der Waals surface area (Å²) in [4.78, 5) is 0. The monoisotopic (exact) mass is 402 g/mol. The van der Waals surface area contributed by atoms with Crippen LogP contribution in [-0.2, 0) is 0 Å². The maximum absolute atomic E-state index is 6.20. The van der Waals surface area contributed by atoms with Gasteiger partial charge in [0.05, 0.1) is 18.2 Å². The lowest BCUT2D eigenvalue weighted by atomic mass is 9.97. The second-order valence-electron chi connectivity index (χ2n) is 4.52. The van der Waals surface area contributed by atoms with E-state index in [1.165, 1.54) is 0 Å². The Morgan fingerprint density at radius 2 is 2.00 bits per heavy atom. The van der Waals surface area contributed by atoms with Crippen molar-refractivity contribution in [2.24, 2.45) is 5.84 Å². The minimum atomic E-state index is -0.167. The van der Waals surface area contributed by atoms with Gasteiger partial charge in [-0.15, -0.1) is 0 Å². The molecule has 0 spiro atoms. The third-order valence-electron chi connectivity index (χ3n) is 3.14. The molecular weight excluding hydrogens is 387 g/mol. The van der Waals surface area contributed by atoms with Gasteiger partial charge in [-0.1, -0.05) is 35.4 Å². The third kappa shape index (κ3) is 3.25. The number of nitrogens with one attached hydrogen (secondary N) is 1. The zero-order valence-electron chi connectivity index (χ0n) is 11.3. The Kier molecular flexibility index (Phi) is 5.26. The molecule has 1 atom stereocenters. The molecule has 3 N–H and O–H groups in total. The maximum atomic E-state index is 6.20. The maximum Gasteiger partial charge on any atom is 0.124 e. The summed E-state index contributed by atoms with van der Waals surface area (Å²) in [5.74, 6) is 6.55. The highest BCUT2D eigenvalue weighted by molar-refractivity contribution is 14.1. The van der Waals surface area contributed by atoms with Crippen molar-refractivity contribution >= 4 is 34.2 Å². The van der Waals surface area contributed by atoms with E-state index in [2.05, 4.69) is 34.1 Å². The summed E-state index contributed by atoms with van der Waals surface area (Å²) >= 11 is 8.40. The van der Waals surface area contributed by atoms with E-state index in [0.29, 0.717) is 0 Å². The molecular formula is C15H16ClIN2O. The number of benzene rings is 2. The van der Waals surface area contributed by atoms with E-state index >= 15 is 0 Å². The highest BCUT2D eigenvalue weighted by Crippen LogP contribution is 2.32. The molecule has 1 unspecified atom stereocenters. The van der Waals surface area contributed by atoms with Crippen LogP contribution >= 0.6 is 34.2 Å². The van der Waals surface area contributed by atoms with Crippen LogP contribution in [0.15, 0.2) is 36.4 Å². The molecule has 0 bridgehead atoms. The first kappa shape index (κ1) is 15.6. The molecule has 0 amide bonds. The molecule has 0 aliphatic heterocycles. The van der Waals surface area contributed by atoms with Crippen LogP contribution in [0.1, 0.15) is 22.7 Å². The van der Waals surface area contributed by atoms with Crippen molar-refractivity contribution in [3.05, 3.63) is 61.7 Å². The number of hydrogen-bond donors (Lipinski definition) is 2. The van der Waals surface area contributed by atoms with E-state index < -0.39 is 0 Å². The SMILES string of the molecule is COc1ccc(C)cc1C(NN)c1ccc(I)c(Cl)c1. The van der Waals surface area contributed by atoms with Crippen LogP contribution in [-0.4, -0.2) is 7.11 Å². The summed E-state index contributed by atoms with van der Waals surface area (Å²) in [6.07, 6.45) is 0. The van der Waals surface area contributed by atoms with Gasteiger partial charge in [0, 0.05) is 9.13 Å². The summed E-state index contributed by atoms with van der Waals surface area (Å²) < 4.78 is 6.44. The summed E-state index contributed by atoms with van der Waals surface area (Å²) in [5, 5.41) is 0.718. The standard InChI is InChI=1S/C15H16ClIN2O/c1-9-3-6-14(20-2)11(7-9)15(19-18)10-4-5-13(17)12(16)8-10/h3-8,15,19H,18H2,1-2H3. The summed E-state index contributed by atoms with van der Waals surface area (Å²) in [5.41, 5.74) is 5.99. The Bertz CT molecular complexity index is 619. The third-order valence-corrected chi connectivity index (χ3v) is 4.71. The average Bonchev–Trinajstić information content (AvgIpc) is 2.44. The number of halogens is 2. The number of rotatable bonds is 4. The van der Waals surface area contributed by atoms with Crippen molar-refractivity contribution in [1.82, 2.24) is 5.43 Å². The molecule has 3 nitrogen and oxygen atoms in total. The van der Waals surface area contributed by atoms with E-state index in [9.17, 15) is 0 Å². The molecule has 106 valence electrons. The minimum Gasteiger partial charge on any atom is -0.496 e. The van der Waals surface area contributed by atoms with Gasteiger partial charge in [0.2, 0.25) is 0 Å². The topological polar surface area (TPSA) is 47.3 Å². The second-order valence-corrected chi connectivity index (χ2v) is 6.09. The number of hydrazine groups is 1. The second kappa shape index (κ2) is 6.76. The molecule has 0 heterocycles. The van der Waals surface area contributed by atoms with Gasteiger partial charge in [-0.05, 0) is 53.3 Å². The molecule has 20 heavy (non-hydrogen) atoms. The fourth-order valence-electron chi connectivity index (χ4n) is 2.14. The van der Waals surface area contributed by atoms with Crippen molar-refractivity contribution in [2.75, 3.05) is 7.11 Å². The van der Waals surface area contributed by atoms with E-state index in [1.807, 2.05) is 37.3 Å². The van der Waals surface area contributed by atoms with Crippen molar-refractivity contribution in [3.63, 3.8) is 0 Å². The lowest BCUT2D eigenvalue weighted by Crippen LogP contribution is -2.29. The quantitative estimate of drug-likeness (QED) is 0.464. The molecule has 0 radical (unpaired) electrons. The summed E-state index contributed by atoms with van der Waals surface area (Å²) in [6, 6.07) is 11.8. The Balaban J connectivity index is 2.51. The van der Waals surface area contributed by atoms with Crippen molar-refractivity contribution in [2.45, 2.75) is 13.0 Å². The normalized spacial score (nSPS) is 12.2. The number of methoxy groups -OCH3 is 1. The Morgan fingerprint density at radius 3 is 2.60 bits per heavy atom. The van der Waals surface area contributed by atoms with Crippen LogP contribution in [0.25, 0.3) is 0 Å². The molecule has 0 fully saturated rings. The number of nitrogens with two attached hydrogens (primary N) is 1. The predicted molar refractivity (Wildman–Crippen MR) is 91.1 cm³/mol. The highest BCUT2D eigenvalue weighted by Gasteiger charge is 2.18. The number of hydrogen-bond acceptors (Lipinski definition) is 3. The summed E-state index contributed by atoms with van der Waals surface area (Å²) in [7, 11) is 1.66. The Morgan fingerprint density at radius 1 is 1.25 bits per heavy atom. The van der Waals surface area contributed by atoms with Crippen LogP contribution in [0.2, 0.25) is 5.02 Å². The zero-order valence-corrected chi connectivity index (χ0v) is 14.2. The van der Waals surface area contributed by atoms with E-state index in [1.54, 1.807) is 7.11 Å². The molecule has 5 heteroatoms. The van der Waals surface area contributed by atoms with Crippen LogP contribution in [0.4, 0.5) is 0 Å². The fraction of sp³-hybridized carbons (Fsp3) is 0.200. The number of aryl methyl sites for hydroxylation is 1. The molecule has 0 aromatic heterocycles. The minimum absolute atomic E-state index is 0.167. The highest BCUT2D eigenvalue weighted by atomic mass is 127. The van der Waals surface area contributed by atoms with Gasteiger partial charge in [-0.3, -0.25) is 5.84 Å². The van der Waals surface area contributed by atoms with Gasteiger partial charge in [0.25, 0.3) is 0 Å².